The maximum atomic E-state index is 11.4. The number of nitrogens with zero attached hydrogens (tertiary/aromatic N) is 1. The topological polar surface area (TPSA) is 108 Å². The monoisotopic (exact) mass is 249 g/mol. The molecule has 0 saturated heterocycles. The highest BCUT2D eigenvalue weighted by atomic mass is 16.5. The number of nitrogens with one attached hydrogen (secondary N) is 1. The van der Waals surface area contributed by atoms with E-state index in [2.05, 4.69) is 5.32 Å². The minimum absolute atomic E-state index is 0.0348. The fourth-order valence-electron chi connectivity index (χ4n) is 1.26. The molecule has 0 aromatic rings. The van der Waals surface area contributed by atoms with Crippen molar-refractivity contribution in [2.24, 2.45) is 5.73 Å². The largest absolute Gasteiger partial charge is 0.395 e. The Bertz CT molecular complexity index is 186. The summed E-state index contributed by atoms with van der Waals surface area (Å²) in [6.07, 6.45) is 0. The highest BCUT2D eigenvalue weighted by Gasteiger charge is 2.08. The van der Waals surface area contributed by atoms with Crippen LogP contribution >= 0.6 is 0 Å². The van der Waals surface area contributed by atoms with Crippen LogP contribution in [0.5, 0.6) is 0 Å². The van der Waals surface area contributed by atoms with Crippen molar-refractivity contribution in [2.75, 3.05) is 59.2 Å². The minimum atomic E-state index is -0.150. The third kappa shape index (κ3) is 10.2. The van der Waals surface area contributed by atoms with Crippen molar-refractivity contribution in [3.63, 3.8) is 0 Å². The first-order chi connectivity index (χ1) is 8.24. The predicted molar refractivity (Wildman–Crippen MR) is 63.5 cm³/mol. The number of hydrogen-bond donors (Lipinski definition) is 4. The van der Waals surface area contributed by atoms with E-state index in [-0.39, 0.29) is 25.7 Å². The second-order valence-corrected chi connectivity index (χ2v) is 3.47. The number of carbonyl (C=O) groups is 1. The molecule has 17 heavy (non-hydrogen) atoms. The number of amides is 1. The summed E-state index contributed by atoms with van der Waals surface area (Å²) in [5.41, 5.74) is 5.24. The molecular weight excluding hydrogens is 226 g/mol. The zero-order valence-corrected chi connectivity index (χ0v) is 10.1. The number of nitrogens with two attached hydrogens (primary N) is 1. The van der Waals surface area contributed by atoms with E-state index in [1.165, 1.54) is 0 Å². The third-order valence-corrected chi connectivity index (χ3v) is 2.03. The lowest BCUT2D eigenvalue weighted by Gasteiger charge is -2.19. The molecule has 0 radical (unpaired) electrons. The molecule has 0 aliphatic carbocycles. The Labute approximate surface area is 102 Å². The van der Waals surface area contributed by atoms with E-state index < -0.39 is 0 Å². The van der Waals surface area contributed by atoms with Crippen LogP contribution in [0.4, 0.5) is 0 Å². The van der Waals surface area contributed by atoms with Crippen molar-refractivity contribution < 1.29 is 19.7 Å². The summed E-state index contributed by atoms with van der Waals surface area (Å²) in [7, 11) is 0. The molecule has 0 rings (SSSR count). The summed E-state index contributed by atoms with van der Waals surface area (Å²) in [5, 5.41) is 20.2. The molecule has 7 heteroatoms. The molecule has 102 valence electrons. The van der Waals surface area contributed by atoms with Crippen LogP contribution in [0.3, 0.4) is 0 Å². The summed E-state index contributed by atoms with van der Waals surface area (Å²) in [4.78, 5) is 13.1. The number of aliphatic hydroxyl groups excluding tert-OH is 2. The normalized spacial score (nSPS) is 10.8. The van der Waals surface area contributed by atoms with Gasteiger partial charge in [-0.1, -0.05) is 0 Å². The van der Waals surface area contributed by atoms with Crippen molar-refractivity contribution in [2.45, 2.75) is 0 Å². The quantitative estimate of drug-likeness (QED) is 0.298. The summed E-state index contributed by atoms with van der Waals surface area (Å²) >= 11 is 0. The summed E-state index contributed by atoms with van der Waals surface area (Å²) in [5.74, 6) is -0.150. The lowest BCUT2D eigenvalue weighted by Crippen LogP contribution is -2.40. The van der Waals surface area contributed by atoms with Crippen molar-refractivity contribution in [3.05, 3.63) is 0 Å². The molecule has 7 nitrogen and oxygen atoms in total. The van der Waals surface area contributed by atoms with Gasteiger partial charge in [0.15, 0.2) is 0 Å². The van der Waals surface area contributed by atoms with E-state index in [0.717, 1.165) is 0 Å². The van der Waals surface area contributed by atoms with Gasteiger partial charge in [0, 0.05) is 26.2 Å². The molecule has 0 saturated carbocycles. The highest BCUT2D eigenvalue weighted by molar-refractivity contribution is 5.77. The first-order valence-electron chi connectivity index (χ1n) is 5.73. The van der Waals surface area contributed by atoms with Gasteiger partial charge in [-0.25, -0.2) is 0 Å². The molecule has 0 unspecified atom stereocenters. The van der Waals surface area contributed by atoms with Gasteiger partial charge in [0.05, 0.1) is 33.0 Å². The Balaban J connectivity index is 3.59. The van der Waals surface area contributed by atoms with Crippen LogP contribution in [0.25, 0.3) is 0 Å². The molecule has 0 bridgehead atoms. The number of aliphatic hydroxyl groups is 2. The van der Waals surface area contributed by atoms with Crippen LogP contribution in [-0.2, 0) is 9.53 Å². The molecule has 0 fully saturated rings. The second kappa shape index (κ2) is 11.7. The molecule has 0 aliphatic rings. The first-order valence-corrected chi connectivity index (χ1v) is 5.73. The van der Waals surface area contributed by atoms with E-state index in [1.54, 1.807) is 4.90 Å². The number of carbonyl (C=O) groups excluding carboxylic acids is 1. The Morgan fingerprint density at radius 1 is 1.24 bits per heavy atom. The molecule has 0 atom stereocenters. The van der Waals surface area contributed by atoms with Gasteiger partial charge in [-0.3, -0.25) is 9.69 Å². The van der Waals surface area contributed by atoms with Crippen LogP contribution < -0.4 is 11.1 Å². The molecule has 0 spiro atoms. The zero-order valence-electron chi connectivity index (χ0n) is 10.1. The van der Waals surface area contributed by atoms with Crippen molar-refractivity contribution >= 4 is 5.91 Å². The van der Waals surface area contributed by atoms with Gasteiger partial charge >= 0.3 is 0 Å². The molecule has 0 aromatic heterocycles. The van der Waals surface area contributed by atoms with E-state index in [9.17, 15) is 4.79 Å². The Hall–Kier alpha value is -0.730. The predicted octanol–water partition coefficient (Wildman–Crippen LogP) is -2.64. The second-order valence-electron chi connectivity index (χ2n) is 3.47. The van der Waals surface area contributed by atoms with Gasteiger partial charge in [-0.2, -0.15) is 0 Å². The number of rotatable bonds is 11. The number of ether oxygens (including phenoxy) is 1. The van der Waals surface area contributed by atoms with Crippen molar-refractivity contribution in [1.82, 2.24) is 10.2 Å². The van der Waals surface area contributed by atoms with Crippen LogP contribution in [0.15, 0.2) is 0 Å². The lowest BCUT2D eigenvalue weighted by atomic mass is 10.4. The van der Waals surface area contributed by atoms with Crippen LogP contribution in [0, 0.1) is 0 Å². The van der Waals surface area contributed by atoms with Gasteiger partial charge in [-0.05, 0) is 0 Å². The number of hydrogen-bond acceptors (Lipinski definition) is 6. The molecule has 5 N–H and O–H groups in total. The fourth-order valence-corrected chi connectivity index (χ4v) is 1.26. The van der Waals surface area contributed by atoms with E-state index in [4.69, 9.17) is 20.7 Å². The Kier molecular flexibility index (Phi) is 11.2. The van der Waals surface area contributed by atoms with E-state index in [0.29, 0.717) is 39.4 Å². The molecule has 0 aromatic carbocycles. The first kappa shape index (κ1) is 16.3. The van der Waals surface area contributed by atoms with Gasteiger partial charge in [0.1, 0.15) is 0 Å². The maximum Gasteiger partial charge on any atom is 0.234 e. The van der Waals surface area contributed by atoms with Gasteiger partial charge in [0.2, 0.25) is 5.91 Å². The summed E-state index contributed by atoms with van der Waals surface area (Å²) in [6.45, 7) is 2.66. The zero-order chi connectivity index (χ0) is 12.9. The van der Waals surface area contributed by atoms with Crippen molar-refractivity contribution in [3.8, 4) is 0 Å². The Morgan fingerprint density at radius 3 is 2.41 bits per heavy atom. The summed E-state index contributed by atoms with van der Waals surface area (Å²) < 4.78 is 5.10. The highest BCUT2D eigenvalue weighted by Crippen LogP contribution is 1.86. The molecular formula is C10H23N3O4. The minimum Gasteiger partial charge on any atom is -0.395 e. The van der Waals surface area contributed by atoms with E-state index in [1.807, 2.05) is 0 Å². The standard InChI is InChI=1S/C10H23N3O4/c11-1-7-17-8-2-12-10(16)9-13(3-5-14)4-6-15/h14-15H,1-9,11H2,(H,12,16). The van der Waals surface area contributed by atoms with E-state index >= 15 is 0 Å². The molecule has 1 amide bonds. The molecule has 0 aliphatic heterocycles. The van der Waals surface area contributed by atoms with Crippen LogP contribution in [0.2, 0.25) is 0 Å². The summed E-state index contributed by atoms with van der Waals surface area (Å²) in [6, 6.07) is 0. The van der Waals surface area contributed by atoms with Gasteiger partial charge in [-0.15, -0.1) is 0 Å². The lowest BCUT2D eigenvalue weighted by molar-refractivity contribution is -0.122. The van der Waals surface area contributed by atoms with Crippen LogP contribution in [0.1, 0.15) is 0 Å². The van der Waals surface area contributed by atoms with Gasteiger partial charge in [0.25, 0.3) is 0 Å². The smallest absolute Gasteiger partial charge is 0.234 e. The molecule has 0 heterocycles. The average Bonchev–Trinajstić information content (AvgIpc) is 2.29. The average molecular weight is 249 g/mol. The maximum absolute atomic E-state index is 11.4. The Morgan fingerprint density at radius 2 is 1.88 bits per heavy atom. The van der Waals surface area contributed by atoms with Gasteiger partial charge < -0.3 is 26.0 Å². The van der Waals surface area contributed by atoms with Crippen molar-refractivity contribution in [1.29, 1.82) is 0 Å². The third-order valence-electron chi connectivity index (χ3n) is 2.03. The van der Waals surface area contributed by atoms with Crippen LogP contribution in [-0.4, -0.2) is 80.2 Å². The SMILES string of the molecule is NCCOCCNC(=O)CN(CCO)CCO. The fraction of sp³-hybridized carbons (Fsp3) is 0.900.